The normalized spacial score (nSPS) is 16.0. The Kier molecular flexibility index (Phi) is 3.47. The van der Waals surface area contributed by atoms with Crippen molar-refractivity contribution in [3.63, 3.8) is 0 Å². The quantitative estimate of drug-likeness (QED) is 0.692. The van der Waals surface area contributed by atoms with Crippen LogP contribution in [-0.2, 0) is 0 Å². The summed E-state index contributed by atoms with van der Waals surface area (Å²) in [6.07, 6.45) is 5.00. The van der Waals surface area contributed by atoms with Crippen LogP contribution in [0.15, 0.2) is 18.5 Å². The van der Waals surface area contributed by atoms with Gasteiger partial charge in [-0.25, -0.2) is 9.50 Å². The number of piperidine rings is 1. The number of hydrogen-bond acceptors (Lipinski definition) is 6. The number of nitrogens with zero attached hydrogens (tertiary/aromatic N) is 8. The standard InChI is InChI=1S/C15H18N8O/c1-10-9-11(2)22-15(18-10)19-13(20-22)14(24)21-7-3-12(4-8-21)23-16-5-6-17-23/h5-6,9,12H,3-4,7-8H2,1-2H3. The first-order chi connectivity index (χ1) is 11.6. The number of amides is 1. The van der Waals surface area contributed by atoms with Gasteiger partial charge in [0, 0.05) is 24.5 Å². The van der Waals surface area contributed by atoms with Crippen molar-refractivity contribution in [2.24, 2.45) is 0 Å². The van der Waals surface area contributed by atoms with Gasteiger partial charge in [0.25, 0.3) is 11.7 Å². The van der Waals surface area contributed by atoms with E-state index in [0.717, 1.165) is 24.2 Å². The predicted octanol–water partition coefficient (Wildman–Crippen LogP) is 0.810. The number of fused-ring (bicyclic) bond motifs is 1. The van der Waals surface area contributed by atoms with Gasteiger partial charge in [-0.15, -0.1) is 5.10 Å². The summed E-state index contributed by atoms with van der Waals surface area (Å²) in [5.41, 5.74) is 1.77. The lowest BCUT2D eigenvalue weighted by molar-refractivity contribution is 0.0671. The molecule has 24 heavy (non-hydrogen) atoms. The average molecular weight is 326 g/mol. The van der Waals surface area contributed by atoms with Crippen LogP contribution in [-0.4, -0.2) is 58.5 Å². The molecular weight excluding hydrogens is 308 g/mol. The summed E-state index contributed by atoms with van der Waals surface area (Å²) in [4.78, 5) is 24.8. The predicted molar refractivity (Wildman–Crippen MR) is 84.5 cm³/mol. The Morgan fingerprint density at radius 3 is 2.54 bits per heavy atom. The first-order valence-corrected chi connectivity index (χ1v) is 7.98. The van der Waals surface area contributed by atoms with Crippen LogP contribution in [0.1, 0.15) is 40.9 Å². The molecule has 4 heterocycles. The molecule has 0 atom stereocenters. The zero-order valence-corrected chi connectivity index (χ0v) is 13.6. The molecule has 1 saturated heterocycles. The van der Waals surface area contributed by atoms with Crippen molar-refractivity contribution in [2.45, 2.75) is 32.7 Å². The minimum Gasteiger partial charge on any atom is -0.336 e. The molecule has 3 aromatic heterocycles. The summed E-state index contributed by atoms with van der Waals surface area (Å²) in [6.45, 7) is 5.11. The number of carbonyl (C=O) groups is 1. The molecular formula is C15H18N8O. The third-order valence-corrected chi connectivity index (χ3v) is 4.32. The number of aryl methyl sites for hydroxylation is 2. The summed E-state index contributed by atoms with van der Waals surface area (Å²) < 4.78 is 1.61. The fraction of sp³-hybridized carbons (Fsp3) is 0.467. The summed E-state index contributed by atoms with van der Waals surface area (Å²) in [6, 6.07) is 2.16. The molecule has 0 spiro atoms. The number of carbonyl (C=O) groups excluding carboxylic acids is 1. The number of aromatic nitrogens is 7. The fourth-order valence-corrected chi connectivity index (χ4v) is 3.11. The van der Waals surface area contributed by atoms with Crippen molar-refractivity contribution in [1.29, 1.82) is 0 Å². The highest BCUT2D eigenvalue weighted by atomic mass is 16.2. The lowest BCUT2D eigenvalue weighted by Gasteiger charge is -2.30. The van der Waals surface area contributed by atoms with Gasteiger partial charge in [0.05, 0.1) is 18.4 Å². The second-order valence-corrected chi connectivity index (χ2v) is 6.06. The van der Waals surface area contributed by atoms with Crippen molar-refractivity contribution < 1.29 is 4.79 Å². The van der Waals surface area contributed by atoms with Crippen LogP contribution in [0.4, 0.5) is 0 Å². The topological polar surface area (TPSA) is 94.1 Å². The van der Waals surface area contributed by atoms with Crippen molar-refractivity contribution >= 4 is 11.7 Å². The maximum Gasteiger partial charge on any atom is 0.293 e. The van der Waals surface area contributed by atoms with Gasteiger partial charge in [-0.1, -0.05) is 0 Å². The maximum atomic E-state index is 12.7. The van der Waals surface area contributed by atoms with Gasteiger partial charge >= 0.3 is 0 Å². The Bertz CT molecular complexity index is 876. The summed E-state index contributed by atoms with van der Waals surface area (Å²) in [7, 11) is 0. The van der Waals surface area contributed by atoms with E-state index in [2.05, 4.69) is 25.3 Å². The second-order valence-electron chi connectivity index (χ2n) is 6.06. The van der Waals surface area contributed by atoms with Crippen LogP contribution in [0, 0.1) is 13.8 Å². The molecule has 124 valence electrons. The van der Waals surface area contributed by atoms with Crippen LogP contribution in [0.5, 0.6) is 0 Å². The number of rotatable bonds is 2. The van der Waals surface area contributed by atoms with E-state index >= 15 is 0 Å². The van der Waals surface area contributed by atoms with E-state index in [9.17, 15) is 4.79 Å². The lowest BCUT2D eigenvalue weighted by atomic mass is 10.1. The average Bonchev–Trinajstić information content (AvgIpc) is 3.24. The van der Waals surface area contributed by atoms with Gasteiger partial charge in [0.1, 0.15) is 0 Å². The van der Waals surface area contributed by atoms with Gasteiger partial charge in [0.2, 0.25) is 5.82 Å². The van der Waals surface area contributed by atoms with E-state index in [0.29, 0.717) is 18.9 Å². The van der Waals surface area contributed by atoms with E-state index in [1.165, 1.54) is 0 Å². The van der Waals surface area contributed by atoms with Crippen molar-refractivity contribution in [3.8, 4) is 0 Å². The molecule has 0 saturated carbocycles. The Labute approximate surface area is 138 Å². The molecule has 0 aliphatic carbocycles. The molecule has 0 radical (unpaired) electrons. The molecule has 4 rings (SSSR count). The zero-order valence-electron chi connectivity index (χ0n) is 13.6. The van der Waals surface area contributed by atoms with Gasteiger partial charge in [-0.3, -0.25) is 4.79 Å². The molecule has 0 bridgehead atoms. The molecule has 9 heteroatoms. The van der Waals surface area contributed by atoms with Crippen molar-refractivity contribution in [3.05, 3.63) is 35.7 Å². The Balaban J connectivity index is 1.51. The zero-order chi connectivity index (χ0) is 16.7. The molecule has 0 aromatic carbocycles. The number of likely N-dealkylation sites (tertiary alicyclic amines) is 1. The van der Waals surface area contributed by atoms with Crippen LogP contribution >= 0.6 is 0 Å². The molecule has 9 nitrogen and oxygen atoms in total. The molecule has 1 aliphatic heterocycles. The van der Waals surface area contributed by atoms with E-state index in [4.69, 9.17) is 0 Å². The SMILES string of the molecule is Cc1cc(C)n2nc(C(=O)N3CCC(n4nccn4)CC3)nc2n1. The molecule has 3 aromatic rings. The molecule has 1 fully saturated rings. The van der Waals surface area contributed by atoms with Crippen LogP contribution < -0.4 is 0 Å². The van der Waals surface area contributed by atoms with E-state index < -0.39 is 0 Å². The minimum absolute atomic E-state index is 0.149. The molecule has 0 unspecified atom stereocenters. The largest absolute Gasteiger partial charge is 0.336 e. The second kappa shape index (κ2) is 5.66. The smallest absolute Gasteiger partial charge is 0.293 e. The fourth-order valence-electron chi connectivity index (χ4n) is 3.11. The third-order valence-electron chi connectivity index (χ3n) is 4.32. The van der Waals surface area contributed by atoms with E-state index in [1.807, 2.05) is 19.9 Å². The summed E-state index contributed by atoms with van der Waals surface area (Å²) in [5.74, 6) is 0.516. The Hall–Kier alpha value is -2.84. The highest BCUT2D eigenvalue weighted by molar-refractivity contribution is 5.91. The van der Waals surface area contributed by atoms with Gasteiger partial charge < -0.3 is 4.90 Å². The minimum atomic E-state index is -0.149. The first-order valence-electron chi connectivity index (χ1n) is 7.98. The highest BCUT2D eigenvalue weighted by Gasteiger charge is 2.27. The lowest BCUT2D eigenvalue weighted by Crippen LogP contribution is -2.40. The Morgan fingerprint density at radius 1 is 1.12 bits per heavy atom. The molecule has 0 N–H and O–H groups in total. The monoisotopic (exact) mass is 326 g/mol. The third kappa shape index (κ3) is 2.51. The van der Waals surface area contributed by atoms with E-state index in [1.54, 1.807) is 26.6 Å². The summed E-state index contributed by atoms with van der Waals surface area (Å²) in [5, 5.41) is 12.7. The van der Waals surface area contributed by atoms with E-state index in [-0.39, 0.29) is 17.8 Å². The first kappa shape index (κ1) is 14.7. The highest BCUT2D eigenvalue weighted by Crippen LogP contribution is 2.21. The molecule has 1 aliphatic rings. The maximum absolute atomic E-state index is 12.7. The van der Waals surface area contributed by atoms with Crippen molar-refractivity contribution in [2.75, 3.05) is 13.1 Å². The van der Waals surface area contributed by atoms with Crippen LogP contribution in [0.2, 0.25) is 0 Å². The summed E-state index contributed by atoms with van der Waals surface area (Å²) >= 11 is 0. The van der Waals surface area contributed by atoms with Crippen molar-refractivity contribution in [1.82, 2.24) is 39.5 Å². The Morgan fingerprint density at radius 2 is 1.83 bits per heavy atom. The van der Waals surface area contributed by atoms with Gasteiger partial charge in [0.15, 0.2) is 0 Å². The van der Waals surface area contributed by atoms with Crippen LogP contribution in [0.3, 0.4) is 0 Å². The molecule has 1 amide bonds. The van der Waals surface area contributed by atoms with Crippen LogP contribution in [0.25, 0.3) is 5.78 Å². The van der Waals surface area contributed by atoms with Gasteiger partial charge in [-0.2, -0.15) is 20.0 Å². The van der Waals surface area contributed by atoms with Gasteiger partial charge in [-0.05, 0) is 32.8 Å². The number of hydrogen-bond donors (Lipinski definition) is 0.